The minimum absolute atomic E-state index is 0.197. The molecule has 0 unspecified atom stereocenters. The third kappa shape index (κ3) is 3.48. The summed E-state index contributed by atoms with van der Waals surface area (Å²) >= 11 is 3.31. The van der Waals surface area contributed by atoms with Crippen molar-refractivity contribution in [3.8, 4) is 0 Å². The van der Waals surface area contributed by atoms with Crippen LogP contribution in [0.5, 0.6) is 0 Å². The Labute approximate surface area is 155 Å². The van der Waals surface area contributed by atoms with Crippen LogP contribution < -0.4 is 9.62 Å². The number of nitrogens with zero attached hydrogens (tertiary/aromatic N) is 1. The van der Waals surface area contributed by atoms with Crippen LogP contribution in [0.4, 0.5) is 5.69 Å². The summed E-state index contributed by atoms with van der Waals surface area (Å²) in [7, 11) is -3.62. The van der Waals surface area contributed by atoms with Crippen molar-refractivity contribution in [3.05, 3.63) is 70.7 Å². The predicted octanol–water partition coefficient (Wildman–Crippen LogP) is 3.12. The first kappa shape index (κ1) is 17.7. The molecular weight excluding hydrogens is 404 g/mol. The molecule has 2 aromatic carbocycles. The maximum Gasteiger partial charge on any atom is 0.264 e. The van der Waals surface area contributed by atoms with Crippen LogP contribution in [0.25, 0.3) is 0 Å². The highest BCUT2D eigenvalue weighted by atomic mass is 79.9. The molecule has 0 bridgehead atoms. The Balaban J connectivity index is 1.90. The molecule has 1 aliphatic heterocycles. The second kappa shape index (κ2) is 7.01. The zero-order valence-corrected chi connectivity index (χ0v) is 15.8. The molecule has 1 aliphatic rings. The molecule has 130 valence electrons. The normalized spacial score (nSPS) is 13.4. The molecule has 25 heavy (non-hydrogen) atoms. The van der Waals surface area contributed by atoms with E-state index in [2.05, 4.69) is 27.8 Å². The van der Waals surface area contributed by atoms with Crippen molar-refractivity contribution in [2.75, 3.05) is 17.4 Å². The van der Waals surface area contributed by atoms with Gasteiger partial charge in [0.1, 0.15) is 0 Å². The first-order valence-corrected chi connectivity index (χ1v) is 9.97. The standard InChI is InChI=1S/C18H17BrN2O3S/c1-2-10-20-18(22)14-3-8-17-13(12-14)9-11-21(17)25(23,24)16-6-4-15(19)5-7-16/h2-8,12H,1,9-11H2,(H,20,22). The number of carbonyl (C=O) groups excluding carboxylic acids is 1. The van der Waals surface area contributed by atoms with Gasteiger partial charge in [0.15, 0.2) is 0 Å². The number of sulfonamides is 1. The minimum atomic E-state index is -3.62. The number of nitrogens with one attached hydrogen (secondary N) is 1. The van der Waals surface area contributed by atoms with E-state index in [1.165, 1.54) is 4.31 Å². The van der Waals surface area contributed by atoms with Crippen molar-refractivity contribution >= 4 is 37.5 Å². The van der Waals surface area contributed by atoms with Gasteiger partial charge in [-0.3, -0.25) is 9.10 Å². The Morgan fingerprint density at radius 1 is 1.24 bits per heavy atom. The van der Waals surface area contributed by atoms with E-state index in [0.717, 1.165) is 10.0 Å². The number of benzene rings is 2. The first-order valence-electron chi connectivity index (χ1n) is 7.74. The number of carbonyl (C=O) groups is 1. The number of hydrogen-bond acceptors (Lipinski definition) is 3. The fourth-order valence-corrected chi connectivity index (χ4v) is 4.53. The molecule has 2 aromatic rings. The van der Waals surface area contributed by atoms with Crippen molar-refractivity contribution in [2.24, 2.45) is 0 Å². The van der Waals surface area contributed by atoms with Crippen LogP contribution in [0.15, 0.2) is 64.5 Å². The molecule has 1 amide bonds. The van der Waals surface area contributed by atoms with Crippen LogP contribution in [0, 0.1) is 0 Å². The van der Waals surface area contributed by atoms with Crippen molar-refractivity contribution in [1.82, 2.24) is 5.32 Å². The van der Waals surface area contributed by atoms with E-state index in [1.807, 2.05) is 0 Å². The number of hydrogen-bond donors (Lipinski definition) is 1. The Bertz CT molecular complexity index is 924. The number of rotatable bonds is 5. The zero-order valence-electron chi connectivity index (χ0n) is 13.4. The number of fused-ring (bicyclic) bond motifs is 1. The average Bonchev–Trinajstić information content (AvgIpc) is 3.04. The molecule has 0 saturated carbocycles. The van der Waals surface area contributed by atoms with E-state index in [0.29, 0.717) is 30.8 Å². The van der Waals surface area contributed by atoms with Crippen LogP contribution in [0.3, 0.4) is 0 Å². The number of anilines is 1. The van der Waals surface area contributed by atoms with E-state index in [1.54, 1.807) is 48.5 Å². The van der Waals surface area contributed by atoms with Crippen LogP contribution in [0.1, 0.15) is 15.9 Å². The van der Waals surface area contributed by atoms with Crippen molar-refractivity contribution in [2.45, 2.75) is 11.3 Å². The van der Waals surface area contributed by atoms with Gasteiger partial charge in [0, 0.05) is 23.1 Å². The molecule has 0 fully saturated rings. The second-order valence-electron chi connectivity index (χ2n) is 5.62. The van der Waals surface area contributed by atoms with Gasteiger partial charge in [0.25, 0.3) is 15.9 Å². The molecule has 0 saturated heterocycles. The van der Waals surface area contributed by atoms with Gasteiger partial charge in [0.05, 0.1) is 10.6 Å². The Morgan fingerprint density at radius 2 is 1.96 bits per heavy atom. The SMILES string of the molecule is C=CCNC(=O)c1ccc2c(c1)CCN2S(=O)(=O)c1ccc(Br)cc1. The number of amides is 1. The summed E-state index contributed by atoms with van der Waals surface area (Å²) in [5.74, 6) is -0.197. The van der Waals surface area contributed by atoms with Gasteiger partial charge in [-0.1, -0.05) is 22.0 Å². The summed E-state index contributed by atoms with van der Waals surface area (Å²) in [6.07, 6.45) is 2.19. The molecule has 1 N–H and O–H groups in total. The summed E-state index contributed by atoms with van der Waals surface area (Å²) in [5.41, 5.74) is 2.00. The molecule has 7 heteroatoms. The van der Waals surface area contributed by atoms with Crippen molar-refractivity contribution < 1.29 is 13.2 Å². The Morgan fingerprint density at radius 3 is 2.64 bits per heavy atom. The third-order valence-corrected chi connectivity index (χ3v) is 6.36. The molecule has 0 radical (unpaired) electrons. The van der Waals surface area contributed by atoms with Crippen LogP contribution in [-0.2, 0) is 16.4 Å². The monoisotopic (exact) mass is 420 g/mol. The van der Waals surface area contributed by atoms with E-state index in [-0.39, 0.29) is 10.8 Å². The molecule has 3 rings (SSSR count). The van der Waals surface area contributed by atoms with Gasteiger partial charge in [-0.25, -0.2) is 8.42 Å². The molecular formula is C18H17BrN2O3S. The highest BCUT2D eigenvalue weighted by Crippen LogP contribution is 2.33. The van der Waals surface area contributed by atoms with Crippen LogP contribution in [-0.4, -0.2) is 27.4 Å². The van der Waals surface area contributed by atoms with Gasteiger partial charge in [0.2, 0.25) is 0 Å². The lowest BCUT2D eigenvalue weighted by Gasteiger charge is -2.19. The summed E-state index contributed by atoms with van der Waals surface area (Å²) in [6, 6.07) is 11.7. The van der Waals surface area contributed by atoms with Crippen LogP contribution >= 0.6 is 15.9 Å². The van der Waals surface area contributed by atoms with E-state index in [9.17, 15) is 13.2 Å². The maximum atomic E-state index is 12.9. The first-order chi connectivity index (χ1) is 11.9. The smallest absolute Gasteiger partial charge is 0.264 e. The highest BCUT2D eigenvalue weighted by Gasteiger charge is 2.31. The van der Waals surface area contributed by atoms with Crippen molar-refractivity contribution in [3.63, 3.8) is 0 Å². The average molecular weight is 421 g/mol. The fourth-order valence-electron chi connectivity index (χ4n) is 2.76. The summed E-state index contributed by atoms with van der Waals surface area (Å²) in [6.45, 7) is 4.32. The lowest BCUT2D eigenvalue weighted by atomic mass is 10.1. The van der Waals surface area contributed by atoms with Gasteiger partial charge in [-0.2, -0.15) is 0 Å². The highest BCUT2D eigenvalue weighted by molar-refractivity contribution is 9.10. The van der Waals surface area contributed by atoms with Gasteiger partial charge in [-0.15, -0.1) is 6.58 Å². The lowest BCUT2D eigenvalue weighted by Crippen LogP contribution is -2.29. The maximum absolute atomic E-state index is 12.9. The van der Waals surface area contributed by atoms with E-state index < -0.39 is 10.0 Å². The fraction of sp³-hybridized carbons (Fsp3) is 0.167. The Kier molecular flexibility index (Phi) is 4.96. The Hall–Kier alpha value is -2.12. The number of halogens is 1. The predicted molar refractivity (Wildman–Crippen MR) is 101 cm³/mol. The van der Waals surface area contributed by atoms with Gasteiger partial charge < -0.3 is 5.32 Å². The molecule has 5 nitrogen and oxygen atoms in total. The lowest BCUT2D eigenvalue weighted by molar-refractivity contribution is 0.0958. The molecule has 0 aromatic heterocycles. The zero-order chi connectivity index (χ0) is 18.0. The van der Waals surface area contributed by atoms with E-state index in [4.69, 9.17) is 0 Å². The summed E-state index contributed by atoms with van der Waals surface area (Å²) in [4.78, 5) is 12.3. The van der Waals surface area contributed by atoms with Gasteiger partial charge >= 0.3 is 0 Å². The molecule has 0 spiro atoms. The largest absolute Gasteiger partial charge is 0.349 e. The quantitative estimate of drug-likeness (QED) is 0.755. The van der Waals surface area contributed by atoms with Crippen LogP contribution in [0.2, 0.25) is 0 Å². The van der Waals surface area contributed by atoms with E-state index >= 15 is 0 Å². The van der Waals surface area contributed by atoms with Crippen molar-refractivity contribution in [1.29, 1.82) is 0 Å². The van der Waals surface area contributed by atoms with Gasteiger partial charge in [-0.05, 0) is 54.4 Å². The molecule has 1 heterocycles. The summed E-state index contributed by atoms with van der Waals surface area (Å²) < 4.78 is 28.0. The second-order valence-corrected chi connectivity index (χ2v) is 8.40. The summed E-state index contributed by atoms with van der Waals surface area (Å²) in [5, 5.41) is 2.72. The molecule has 0 atom stereocenters. The third-order valence-electron chi connectivity index (χ3n) is 4.00. The topological polar surface area (TPSA) is 66.5 Å². The minimum Gasteiger partial charge on any atom is -0.349 e. The molecule has 0 aliphatic carbocycles.